The van der Waals surface area contributed by atoms with Crippen molar-refractivity contribution in [3.05, 3.63) is 24.1 Å². The maximum absolute atomic E-state index is 12.8. The van der Waals surface area contributed by atoms with Crippen molar-refractivity contribution >= 4 is 11.7 Å². The Kier molecular flexibility index (Phi) is 2.57. The summed E-state index contributed by atoms with van der Waals surface area (Å²) in [6.07, 6.45) is 1.42. The number of hydrogen-bond acceptors (Lipinski definition) is 3. The molecule has 0 radical (unpaired) electrons. The van der Waals surface area contributed by atoms with Crippen molar-refractivity contribution in [3.63, 3.8) is 0 Å². The van der Waals surface area contributed by atoms with Gasteiger partial charge >= 0.3 is 0 Å². The van der Waals surface area contributed by atoms with Crippen LogP contribution in [0.4, 0.5) is 10.2 Å². The van der Waals surface area contributed by atoms with Crippen molar-refractivity contribution < 1.29 is 9.18 Å². The highest BCUT2D eigenvalue weighted by Crippen LogP contribution is 2.06. The molecule has 0 aliphatic carbocycles. The second kappa shape index (κ2) is 3.66. The first-order valence-corrected chi connectivity index (χ1v) is 3.33. The van der Waals surface area contributed by atoms with Crippen molar-refractivity contribution in [3.8, 4) is 0 Å². The molecule has 0 saturated heterocycles. The van der Waals surface area contributed by atoms with Crippen molar-refractivity contribution in [2.24, 2.45) is 5.73 Å². The van der Waals surface area contributed by atoms with Gasteiger partial charge in [-0.15, -0.1) is 0 Å². The third kappa shape index (κ3) is 2.19. The molecule has 1 amide bonds. The van der Waals surface area contributed by atoms with Gasteiger partial charge in [-0.05, 0) is 12.1 Å². The van der Waals surface area contributed by atoms with E-state index in [0.717, 1.165) is 0 Å². The number of primary amides is 1. The molecule has 0 aromatic carbocycles. The first-order valence-electron chi connectivity index (χ1n) is 3.33. The number of nitrogens with zero attached hydrogens (tertiary/aromatic N) is 1. The largest absolute Gasteiger partial charge is 0.368 e. The molecule has 12 heavy (non-hydrogen) atoms. The number of rotatable bonds is 3. The van der Waals surface area contributed by atoms with E-state index in [1.165, 1.54) is 18.3 Å². The third-order valence-electron chi connectivity index (χ3n) is 1.19. The molecule has 3 N–H and O–H groups in total. The predicted octanol–water partition coefficient (Wildman–Crippen LogP) is 0.118. The summed E-state index contributed by atoms with van der Waals surface area (Å²) in [5.41, 5.74) is 4.84. The average molecular weight is 169 g/mol. The molecule has 0 aliphatic heterocycles. The number of nitrogens with two attached hydrogens (primary N) is 1. The average Bonchev–Trinajstić information content (AvgIpc) is 2.03. The maximum atomic E-state index is 12.8. The Labute approximate surface area is 68.6 Å². The van der Waals surface area contributed by atoms with Crippen LogP contribution in [0.1, 0.15) is 0 Å². The Morgan fingerprint density at radius 1 is 1.75 bits per heavy atom. The highest BCUT2D eigenvalue weighted by atomic mass is 19.1. The quantitative estimate of drug-likeness (QED) is 0.675. The lowest BCUT2D eigenvalue weighted by atomic mass is 10.4. The minimum atomic E-state index is -0.556. The Balaban J connectivity index is 2.63. The van der Waals surface area contributed by atoms with Crippen LogP contribution in [-0.4, -0.2) is 17.4 Å². The van der Waals surface area contributed by atoms with Gasteiger partial charge in [0.25, 0.3) is 0 Å². The molecule has 5 heteroatoms. The molecule has 1 aromatic heterocycles. The van der Waals surface area contributed by atoms with E-state index >= 15 is 0 Å². The Bertz CT molecular complexity index is 290. The molecule has 0 atom stereocenters. The topological polar surface area (TPSA) is 68.0 Å². The molecule has 0 fully saturated rings. The zero-order chi connectivity index (χ0) is 8.97. The molecule has 4 nitrogen and oxygen atoms in total. The number of nitrogens with one attached hydrogen (secondary N) is 1. The van der Waals surface area contributed by atoms with Gasteiger partial charge in [0.15, 0.2) is 11.6 Å². The number of pyridine rings is 1. The van der Waals surface area contributed by atoms with Crippen molar-refractivity contribution in [2.45, 2.75) is 0 Å². The summed E-state index contributed by atoms with van der Waals surface area (Å²) in [6, 6.07) is 2.71. The molecule has 0 spiro atoms. The molecule has 1 heterocycles. The number of carbonyl (C=O) groups is 1. The molecule has 0 aliphatic rings. The van der Waals surface area contributed by atoms with Crippen molar-refractivity contribution in [2.75, 3.05) is 11.9 Å². The summed E-state index contributed by atoms with van der Waals surface area (Å²) in [6.45, 7) is -0.117. The number of aromatic nitrogens is 1. The van der Waals surface area contributed by atoms with Crippen LogP contribution in [0.15, 0.2) is 18.3 Å². The number of halogens is 1. The van der Waals surface area contributed by atoms with Gasteiger partial charge in [0.2, 0.25) is 5.91 Å². The van der Waals surface area contributed by atoms with E-state index in [4.69, 9.17) is 5.73 Å². The zero-order valence-electron chi connectivity index (χ0n) is 6.25. The van der Waals surface area contributed by atoms with Crippen molar-refractivity contribution in [1.82, 2.24) is 4.98 Å². The van der Waals surface area contributed by atoms with E-state index in [2.05, 4.69) is 10.3 Å². The van der Waals surface area contributed by atoms with Gasteiger partial charge in [-0.3, -0.25) is 4.79 Å². The van der Waals surface area contributed by atoms with Gasteiger partial charge in [-0.1, -0.05) is 0 Å². The monoisotopic (exact) mass is 169 g/mol. The second-order valence-electron chi connectivity index (χ2n) is 2.15. The van der Waals surface area contributed by atoms with Crippen LogP contribution < -0.4 is 11.1 Å². The Hall–Kier alpha value is -1.65. The van der Waals surface area contributed by atoms with Gasteiger partial charge in [0, 0.05) is 6.20 Å². The van der Waals surface area contributed by atoms with Gasteiger partial charge in [-0.25, -0.2) is 9.37 Å². The molecular weight excluding hydrogens is 161 g/mol. The lowest BCUT2D eigenvalue weighted by Gasteiger charge is -2.02. The normalized spacial score (nSPS) is 9.42. The first kappa shape index (κ1) is 8.45. The number of hydrogen-bond donors (Lipinski definition) is 2. The summed E-state index contributed by atoms with van der Waals surface area (Å²) >= 11 is 0. The molecule has 0 bridgehead atoms. The molecule has 64 valence electrons. The fourth-order valence-electron chi connectivity index (χ4n) is 0.687. The van der Waals surface area contributed by atoms with Crippen LogP contribution in [0.25, 0.3) is 0 Å². The lowest BCUT2D eigenvalue weighted by molar-refractivity contribution is -0.116. The molecule has 1 rings (SSSR count). The van der Waals surface area contributed by atoms with Crippen LogP contribution in [0.2, 0.25) is 0 Å². The predicted molar refractivity (Wildman–Crippen MR) is 41.9 cm³/mol. The summed E-state index contributed by atoms with van der Waals surface area (Å²) < 4.78 is 12.8. The van der Waals surface area contributed by atoms with E-state index < -0.39 is 11.7 Å². The standard InChI is InChI=1S/C7H8FN3O/c8-5-2-1-3-10-7(5)11-4-6(9)12/h1-3H,4H2,(H2,9,12)(H,10,11). The number of carbonyl (C=O) groups excluding carboxylic acids is 1. The SMILES string of the molecule is NC(=O)CNc1ncccc1F. The van der Waals surface area contributed by atoms with Crippen molar-refractivity contribution in [1.29, 1.82) is 0 Å². The van der Waals surface area contributed by atoms with Crippen LogP contribution in [-0.2, 0) is 4.79 Å². The Morgan fingerprint density at radius 2 is 2.50 bits per heavy atom. The van der Waals surface area contributed by atoms with Gasteiger partial charge in [0.05, 0.1) is 6.54 Å². The van der Waals surface area contributed by atoms with E-state index in [1.807, 2.05) is 0 Å². The fourth-order valence-corrected chi connectivity index (χ4v) is 0.687. The summed E-state index contributed by atoms with van der Waals surface area (Å²) in [5.74, 6) is -1.02. The van der Waals surface area contributed by atoms with E-state index in [9.17, 15) is 9.18 Å². The lowest BCUT2D eigenvalue weighted by Crippen LogP contribution is -2.22. The van der Waals surface area contributed by atoms with Crippen LogP contribution in [0.3, 0.4) is 0 Å². The van der Waals surface area contributed by atoms with Gasteiger partial charge in [0.1, 0.15) is 0 Å². The van der Waals surface area contributed by atoms with Gasteiger partial charge < -0.3 is 11.1 Å². The minimum absolute atomic E-state index is 0.0382. The highest BCUT2D eigenvalue weighted by molar-refractivity contribution is 5.78. The van der Waals surface area contributed by atoms with E-state index in [1.54, 1.807) is 0 Å². The number of anilines is 1. The first-order chi connectivity index (χ1) is 5.70. The Morgan fingerprint density at radius 3 is 3.08 bits per heavy atom. The number of amides is 1. The third-order valence-corrected chi connectivity index (χ3v) is 1.19. The van der Waals surface area contributed by atoms with E-state index in [-0.39, 0.29) is 12.4 Å². The maximum Gasteiger partial charge on any atom is 0.236 e. The molecule has 0 saturated carbocycles. The summed E-state index contributed by atoms with van der Waals surface area (Å²) in [7, 11) is 0. The molecular formula is C7H8FN3O. The molecule has 0 unspecified atom stereocenters. The molecule has 1 aromatic rings. The van der Waals surface area contributed by atoms with Crippen LogP contribution >= 0.6 is 0 Å². The summed E-state index contributed by atoms with van der Waals surface area (Å²) in [5, 5.41) is 2.45. The highest BCUT2D eigenvalue weighted by Gasteiger charge is 2.01. The summed E-state index contributed by atoms with van der Waals surface area (Å²) in [4.78, 5) is 13.9. The van der Waals surface area contributed by atoms with E-state index in [0.29, 0.717) is 0 Å². The minimum Gasteiger partial charge on any atom is -0.368 e. The van der Waals surface area contributed by atoms with Crippen LogP contribution in [0, 0.1) is 5.82 Å². The van der Waals surface area contributed by atoms with Gasteiger partial charge in [-0.2, -0.15) is 0 Å². The van der Waals surface area contributed by atoms with Crippen LogP contribution in [0.5, 0.6) is 0 Å². The smallest absolute Gasteiger partial charge is 0.236 e. The fraction of sp³-hybridized carbons (Fsp3) is 0.143. The zero-order valence-corrected chi connectivity index (χ0v) is 6.25. The second-order valence-corrected chi connectivity index (χ2v) is 2.15.